The van der Waals surface area contributed by atoms with E-state index in [0.29, 0.717) is 12.3 Å². The first-order valence-electron chi connectivity index (χ1n) is 5.61. The molecular formula is C13H18NO2S2+. The van der Waals surface area contributed by atoms with Gasteiger partial charge in [0.2, 0.25) is 0 Å². The number of ether oxygens (including phenoxy) is 1. The van der Waals surface area contributed by atoms with Gasteiger partial charge in [0.15, 0.2) is 12.4 Å². The molecule has 0 N–H and O–H groups in total. The maximum Gasteiger partial charge on any atom is 0.405 e. The zero-order valence-corrected chi connectivity index (χ0v) is 12.7. The molecule has 0 aromatic carbocycles. The van der Waals surface area contributed by atoms with Crippen molar-refractivity contribution in [1.82, 2.24) is 0 Å². The lowest BCUT2D eigenvalue weighted by molar-refractivity contribution is -0.578. The molecule has 98 valence electrons. The quantitative estimate of drug-likeness (QED) is 0.472. The number of aryl methyl sites for hydroxylation is 1. The van der Waals surface area contributed by atoms with E-state index in [1.807, 2.05) is 55.5 Å². The fourth-order valence-electron chi connectivity index (χ4n) is 1.42. The highest BCUT2D eigenvalue weighted by Gasteiger charge is 2.26. The lowest BCUT2D eigenvalue weighted by Gasteiger charge is -2.06. The first-order chi connectivity index (χ1) is 8.63. The zero-order valence-electron chi connectivity index (χ0n) is 11.1. The maximum atomic E-state index is 12.1. The smallest absolute Gasteiger partial charge is 0.405 e. The summed E-state index contributed by atoms with van der Waals surface area (Å²) in [5.74, 6) is -0.287. The molecular weight excluding hydrogens is 266 g/mol. The van der Waals surface area contributed by atoms with Gasteiger partial charge in [-0.1, -0.05) is 0 Å². The molecule has 0 saturated heterocycles. The van der Waals surface area contributed by atoms with Gasteiger partial charge in [0.1, 0.15) is 4.24 Å². The van der Waals surface area contributed by atoms with Gasteiger partial charge in [-0.25, -0.2) is 4.79 Å². The van der Waals surface area contributed by atoms with Crippen molar-refractivity contribution in [3.05, 3.63) is 34.3 Å². The monoisotopic (exact) mass is 284 g/mol. The molecule has 0 saturated carbocycles. The molecule has 0 aliphatic carbocycles. The molecule has 1 heterocycles. The largest absolute Gasteiger partial charge is 0.458 e. The summed E-state index contributed by atoms with van der Waals surface area (Å²) < 4.78 is 7.89. The summed E-state index contributed by atoms with van der Waals surface area (Å²) in [5.41, 5.74) is 1.74. The molecule has 1 rings (SSSR count). The number of esters is 1. The highest BCUT2D eigenvalue weighted by Crippen LogP contribution is 2.28. The molecule has 1 aromatic rings. The van der Waals surface area contributed by atoms with Crippen molar-refractivity contribution < 1.29 is 14.1 Å². The van der Waals surface area contributed by atoms with Crippen LogP contribution in [0, 0.1) is 6.92 Å². The summed E-state index contributed by atoms with van der Waals surface area (Å²) in [6.07, 6.45) is 7.68. The number of carbonyl (C=O) groups is 1. The summed E-state index contributed by atoms with van der Waals surface area (Å²) in [4.78, 5) is 12.1. The van der Waals surface area contributed by atoms with Crippen LogP contribution in [0.4, 0.5) is 0 Å². The molecule has 0 aliphatic heterocycles. The fourth-order valence-corrected chi connectivity index (χ4v) is 2.85. The van der Waals surface area contributed by atoms with Crippen LogP contribution in [0.25, 0.3) is 5.70 Å². The first-order valence-corrected chi connectivity index (χ1v) is 8.06. The molecule has 0 amide bonds. The van der Waals surface area contributed by atoms with Gasteiger partial charge < -0.3 is 4.74 Å². The average Bonchev–Trinajstić information content (AvgIpc) is 2.37. The number of thioether (sulfide) groups is 2. The van der Waals surface area contributed by atoms with Crippen molar-refractivity contribution in [3.63, 3.8) is 0 Å². The number of aromatic nitrogens is 1. The molecule has 0 fully saturated rings. The van der Waals surface area contributed by atoms with Gasteiger partial charge in [-0.05, 0) is 31.9 Å². The molecule has 0 radical (unpaired) electrons. The Labute approximate surface area is 117 Å². The number of nitrogens with zero attached hydrogens (tertiary/aromatic N) is 1. The summed E-state index contributed by atoms with van der Waals surface area (Å²) in [6, 6.07) is 3.94. The predicted molar refractivity (Wildman–Crippen MR) is 78.3 cm³/mol. The summed E-state index contributed by atoms with van der Waals surface area (Å²) >= 11 is 3.10. The maximum absolute atomic E-state index is 12.1. The second kappa shape index (κ2) is 7.48. The van der Waals surface area contributed by atoms with Crippen molar-refractivity contribution in [2.75, 3.05) is 19.1 Å². The Kier molecular flexibility index (Phi) is 6.29. The minimum absolute atomic E-state index is 0.287. The van der Waals surface area contributed by atoms with Crippen molar-refractivity contribution in [3.8, 4) is 0 Å². The van der Waals surface area contributed by atoms with Gasteiger partial charge in [-0.3, -0.25) is 0 Å². The SMILES string of the molecule is CCOC(=O)C(=C(SC)SC)[n+]1ccc(C)cc1. The zero-order chi connectivity index (χ0) is 13.5. The topological polar surface area (TPSA) is 30.2 Å². The number of rotatable bonds is 5. The Balaban J connectivity index is 3.24. The molecule has 0 atom stereocenters. The van der Waals surface area contributed by atoms with Gasteiger partial charge in [-0.2, -0.15) is 4.57 Å². The van der Waals surface area contributed by atoms with Crippen LogP contribution in [-0.4, -0.2) is 25.1 Å². The van der Waals surface area contributed by atoms with Crippen LogP contribution in [0.2, 0.25) is 0 Å². The highest BCUT2D eigenvalue weighted by molar-refractivity contribution is 8.21. The molecule has 1 aromatic heterocycles. The fraction of sp³-hybridized carbons (Fsp3) is 0.385. The normalized spacial score (nSPS) is 10.0. The third kappa shape index (κ3) is 3.78. The van der Waals surface area contributed by atoms with Crippen molar-refractivity contribution in [1.29, 1.82) is 0 Å². The molecule has 5 heteroatoms. The van der Waals surface area contributed by atoms with E-state index in [1.165, 1.54) is 0 Å². The molecule has 3 nitrogen and oxygen atoms in total. The van der Waals surface area contributed by atoms with Gasteiger partial charge in [0.25, 0.3) is 0 Å². The number of hydrogen-bond acceptors (Lipinski definition) is 4. The molecule has 18 heavy (non-hydrogen) atoms. The Morgan fingerprint density at radius 1 is 1.28 bits per heavy atom. The van der Waals surface area contributed by atoms with Crippen LogP contribution >= 0.6 is 23.5 Å². The van der Waals surface area contributed by atoms with Crippen molar-refractivity contribution in [2.24, 2.45) is 0 Å². The van der Waals surface area contributed by atoms with E-state index >= 15 is 0 Å². The van der Waals surface area contributed by atoms with Crippen LogP contribution in [0.15, 0.2) is 28.8 Å². The Morgan fingerprint density at radius 2 is 1.83 bits per heavy atom. The Morgan fingerprint density at radius 3 is 2.28 bits per heavy atom. The van der Waals surface area contributed by atoms with E-state index in [9.17, 15) is 4.79 Å². The van der Waals surface area contributed by atoms with Crippen LogP contribution in [0.1, 0.15) is 12.5 Å². The van der Waals surface area contributed by atoms with E-state index in [2.05, 4.69) is 0 Å². The van der Waals surface area contributed by atoms with Crippen molar-refractivity contribution in [2.45, 2.75) is 13.8 Å². The predicted octanol–water partition coefficient (Wildman–Crippen LogP) is 2.70. The molecule has 0 aliphatic rings. The van der Waals surface area contributed by atoms with E-state index < -0.39 is 0 Å². The van der Waals surface area contributed by atoms with Crippen LogP contribution < -0.4 is 4.57 Å². The molecule has 0 spiro atoms. The first kappa shape index (κ1) is 15.1. The van der Waals surface area contributed by atoms with E-state index in [1.54, 1.807) is 23.5 Å². The summed E-state index contributed by atoms with van der Waals surface area (Å²) in [7, 11) is 0. The van der Waals surface area contributed by atoms with E-state index in [0.717, 1.165) is 9.80 Å². The van der Waals surface area contributed by atoms with Gasteiger partial charge in [-0.15, -0.1) is 23.5 Å². The second-order valence-corrected chi connectivity index (χ2v) is 5.44. The molecule has 0 unspecified atom stereocenters. The Bertz CT molecular complexity index is 435. The lowest BCUT2D eigenvalue weighted by Crippen LogP contribution is -2.37. The molecule has 0 bridgehead atoms. The second-order valence-electron chi connectivity index (χ2n) is 3.55. The standard InChI is InChI=1S/C13H18NO2S2/c1-5-16-12(15)11(13(17-3)18-4)14-8-6-10(2)7-9-14/h6-9H,5H2,1-4H3/q+1. The lowest BCUT2D eigenvalue weighted by atomic mass is 10.3. The van der Waals surface area contributed by atoms with Crippen LogP contribution in [-0.2, 0) is 9.53 Å². The summed E-state index contributed by atoms with van der Waals surface area (Å²) in [5, 5.41) is 0. The number of pyridine rings is 1. The van der Waals surface area contributed by atoms with Gasteiger partial charge >= 0.3 is 11.7 Å². The van der Waals surface area contributed by atoms with Crippen molar-refractivity contribution >= 4 is 35.2 Å². The van der Waals surface area contributed by atoms with Crippen LogP contribution in [0.5, 0.6) is 0 Å². The number of carbonyl (C=O) groups excluding carboxylic acids is 1. The minimum Gasteiger partial charge on any atom is -0.458 e. The average molecular weight is 284 g/mol. The van der Waals surface area contributed by atoms with Gasteiger partial charge in [0, 0.05) is 12.1 Å². The van der Waals surface area contributed by atoms with E-state index in [4.69, 9.17) is 4.74 Å². The number of hydrogen-bond donors (Lipinski definition) is 0. The minimum atomic E-state index is -0.287. The third-order valence-electron chi connectivity index (χ3n) is 2.29. The highest BCUT2D eigenvalue weighted by atomic mass is 32.2. The summed E-state index contributed by atoms with van der Waals surface area (Å²) in [6.45, 7) is 4.21. The van der Waals surface area contributed by atoms with Gasteiger partial charge in [0.05, 0.1) is 6.61 Å². The third-order valence-corrected chi connectivity index (χ3v) is 4.42. The van der Waals surface area contributed by atoms with E-state index in [-0.39, 0.29) is 5.97 Å². The van der Waals surface area contributed by atoms with Crippen LogP contribution in [0.3, 0.4) is 0 Å². The Hall–Kier alpha value is -0.940.